The fourth-order valence-corrected chi connectivity index (χ4v) is 0.953. The molecule has 0 aromatic heterocycles. The molecule has 1 aromatic carbocycles. The summed E-state index contributed by atoms with van der Waals surface area (Å²) in [4.78, 5) is 10.4. The first kappa shape index (κ1) is 9.70. The number of benzene rings is 1. The van der Waals surface area contributed by atoms with Crippen molar-refractivity contribution in [3.8, 4) is 0 Å². The number of carboxylic acid groups (broad SMARTS) is 1. The van der Waals surface area contributed by atoms with Crippen molar-refractivity contribution < 1.29 is 20.1 Å². The van der Waals surface area contributed by atoms with Gasteiger partial charge in [0.1, 0.15) is 6.10 Å². The van der Waals surface area contributed by atoms with Crippen LogP contribution in [0, 0.1) is 0 Å². The van der Waals surface area contributed by atoms with Gasteiger partial charge in [-0.25, -0.2) is 4.79 Å². The monoisotopic (exact) mass is 182 g/mol. The summed E-state index contributed by atoms with van der Waals surface area (Å²) in [6.45, 7) is -0.369. The third-order valence-electron chi connectivity index (χ3n) is 1.72. The van der Waals surface area contributed by atoms with E-state index in [1.165, 1.54) is 24.3 Å². The van der Waals surface area contributed by atoms with E-state index < -0.39 is 12.1 Å². The summed E-state index contributed by atoms with van der Waals surface area (Å²) in [5, 5.41) is 26.3. The van der Waals surface area contributed by atoms with Gasteiger partial charge in [-0.05, 0) is 17.7 Å². The smallest absolute Gasteiger partial charge is 0.335 e. The number of rotatable bonds is 3. The molecule has 0 aliphatic carbocycles. The molecule has 1 aromatic rings. The average molecular weight is 182 g/mol. The van der Waals surface area contributed by atoms with Gasteiger partial charge in [-0.3, -0.25) is 0 Å². The van der Waals surface area contributed by atoms with Crippen LogP contribution < -0.4 is 0 Å². The average Bonchev–Trinajstić information content (AvgIpc) is 2.17. The van der Waals surface area contributed by atoms with Gasteiger partial charge in [0.15, 0.2) is 0 Å². The lowest BCUT2D eigenvalue weighted by atomic mass is 10.1. The van der Waals surface area contributed by atoms with Crippen LogP contribution in [0.15, 0.2) is 24.3 Å². The second-order valence-corrected chi connectivity index (χ2v) is 2.63. The van der Waals surface area contributed by atoms with Crippen molar-refractivity contribution in [1.82, 2.24) is 0 Å². The molecule has 4 heteroatoms. The molecular weight excluding hydrogens is 172 g/mol. The van der Waals surface area contributed by atoms with Crippen LogP contribution in [0.4, 0.5) is 0 Å². The van der Waals surface area contributed by atoms with Crippen molar-refractivity contribution in [2.45, 2.75) is 6.10 Å². The first-order valence-electron chi connectivity index (χ1n) is 3.77. The molecule has 0 bridgehead atoms. The molecule has 0 saturated carbocycles. The van der Waals surface area contributed by atoms with Gasteiger partial charge in [-0.15, -0.1) is 0 Å². The highest BCUT2D eigenvalue weighted by Gasteiger charge is 2.07. The zero-order valence-corrected chi connectivity index (χ0v) is 6.84. The Balaban J connectivity index is 2.87. The lowest BCUT2D eigenvalue weighted by molar-refractivity contribution is 0.0696. The fourth-order valence-electron chi connectivity index (χ4n) is 0.953. The van der Waals surface area contributed by atoms with E-state index in [1.807, 2.05) is 0 Å². The minimum absolute atomic E-state index is 0.161. The molecule has 70 valence electrons. The molecule has 0 unspecified atom stereocenters. The Hall–Kier alpha value is -1.39. The number of aliphatic hydroxyl groups is 2. The number of hydrogen-bond donors (Lipinski definition) is 3. The summed E-state index contributed by atoms with van der Waals surface area (Å²) < 4.78 is 0. The van der Waals surface area contributed by atoms with Crippen LogP contribution in [0.5, 0.6) is 0 Å². The Morgan fingerprint density at radius 3 is 2.23 bits per heavy atom. The second-order valence-electron chi connectivity index (χ2n) is 2.63. The topological polar surface area (TPSA) is 77.8 Å². The largest absolute Gasteiger partial charge is 0.478 e. The van der Waals surface area contributed by atoms with E-state index in [2.05, 4.69) is 0 Å². The molecule has 1 rings (SSSR count). The first-order valence-corrected chi connectivity index (χ1v) is 3.77. The Labute approximate surface area is 75.1 Å². The highest BCUT2D eigenvalue weighted by Crippen LogP contribution is 2.12. The summed E-state index contributed by atoms with van der Waals surface area (Å²) in [6.07, 6.45) is -0.942. The zero-order valence-electron chi connectivity index (χ0n) is 6.84. The summed E-state index contributed by atoms with van der Waals surface area (Å²) >= 11 is 0. The predicted octanol–water partition coefficient (Wildman–Crippen LogP) is 0.410. The molecule has 0 aliphatic heterocycles. The molecule has 1 atom stereocenters. The maximum absolute atomic E-state index is 10.4. The maximum Gasteiger partial charge on any atom is 0.335 e. The van der Waals surface area contributed by atoms with E-state index in [0.29, 0.717) is 5.56 Å². The highest BCUT2D eigenvalue weighted by molar-refractivity contribution is 5.87. The van der Waals surface area contributed by atoms with Crippen LogP contribution in [-0.2, 0) is 0 Å². The van der Waals surface area contributed by atoms with Crippen LogP contribution in [0.2, 0.25) is 0 Å². The van der Waals surface area contributed by atoms with Gasteiger partial charge in [0.05, 0.1) is 12.2 Å². The summed E-state index contributed by atoms with van der Waals surface area (Å²) in [5.41, 5.74) is 0.668. The summed E-state index contributed by atoms with van der Waals surface area (Å²) in [5.74, 6) is -1.01. The number of aromatic carboxylic acids is 1. The van der Waals surface area contributed by atoms with E-state index >= 15 is 0 Å². The maximum atomic E-state index is 10.4. The van der Waals surface area contributed by atoms with E-state index in [1.54, 1.807) is 0 Å². The first-order chi connectivity index (χ1) is 6.15. The van der Waals surface area contributed by atoms with Gasteiger partial charge >= 0.3 is 5.97 Å². The standard InChI is InChI=1S/C9H10O4/c10-5-8(11)6-1-3-7(4-2-6)9(12)13/h1-4,8,10-11H,5H2,(H,12,13)/t8-/m1/s1. The Kier molecular flexibility index (Phi) is 3.00. The molecular formula is C9H10O4. The molecule has 3 N–H and O–H groups in total. The third kappa shape index (κ3) is 2.27. The van der Waals surface area contributed by atoms with Crippen LogP contribution in [0.25, 0.3) is 0 Å². The second kappa shape index (κ2) is 4.02. The van der Waals surface area contributed by atoms with Crippen molar-refractivity contribution in [2.24, 2.45) is 0 Å². The molecule has 0 heterocycles. The minimum Gasteiger partial charge on any atom is -0.478 e. The number of aliphatic hydroxyl groups excluding tert-OH is 2. The van der Waals surface area contributed by atoms with E-state index in [4.69, 9.17) is 15.3 Å². The normalized spacial score (nSPS) is 12.5. The molecule has 0 radical (unpaired) electrons. The molecule has 13 heavy (non-hydrogen) atoms. The van der Waals surface area contributed by atoms with Crippen LogP contribution in [0.3, 0.4) is 0 Å². The van der Waals surface area contributed by atoms with E-state index in [-0.39, 0.29) is 12.2 Å². The third-order valence-corrected chi connectivity index (χ3v) is 1.72. The van der Waals surface area contributed by atoms with E-state index in [9.17, 15) is 4.79 Å². The predicted molar refractivity (Wildman–Crippen MR) is 45.4 cm³/mol. The van der Waals surface area contributed by atoms with Crippen molar-refractivity contribution >= 4 is 5.97 Å². The SMILES string of the molecule is O=C(O)c1ccc([C@H](O)CO)cc1. The molecule has 0 saturated heterocycles. The van der Waals surface area contributed by atoms with Gasteiger partial charge < -0.3 is 15.3 Å². The van der Waals surface area contributed by atoms with E-state index in [0.717, 1.165) is 0 Å². The van der Waals surface area contributed by atoms with Crippen LogP contribution in [-0.4, -0.2) is 27.9 Å². The van der Waals surface area contributed by atoms with Gasteiger partial charge in [0, 0.05) is 0 Å². The van der Waals surface area contributed by atoms with Crippen molar-refractivity contribution in [2.75, 3.05) is 6.61 Å². The number of carbonyl (C=O) groups is 1. The molecule has 0 fully saturated rings. The fraction of sp³-hybridized carbons (Fsp3) is 0.222. The molecule has 0 spiro atoms. The Bertz CT molecular complexity index is 291. The van der Waals surface area contributed by atoms with Crippen molar-refractivity contribution in [3.05, 3.63) is 35.4 Å². The van der Waals surface area contributed by atoms with Crippen molar-refractivity contribution in [1.29, 1.82) is 0 Å². The number of hydrogen-bond acceptors (Lipinski definition) is 3. The molecule has 4 nitrogen and oxygen atoms in total. The summed E-state index contributed by atoms with van der Waals surface area (Å²) in [6, 6.07) is 5.72. The lowest BCUT2D eigenvalue weighted by Crippen LogP contribution is -2.03. The Morgan fingerprint density at radius 1 is 1.31 bits per heavy atom. The minimum atomic E-state index is -1.01. The Morgan fingerprint density at radius 2 is 1.85 bits per heavy atom. The van der Waals surface area contributed by atoms with Crippen LogP contribution in [0.1, 0.15) is 22.0 Å². The quantitative estimate of drug-likeness (QED) is 0.632. The van der Waals surface area contributed by atoms with Crippen LogP contribution >= 0.6 is 0 Å². The van der Waals surface area contributed by atoms with Gasteiger partial charge in [-0.1, -0.05) is 12.1 Å². The van der Waals surface area contributed by atoms with Crippen molar-refractivity contribution in [3.63, 3.8) is 0 Å². The zero-order chi connectivity index (χ0) is 9.84. The van der Waals surface area contributed by atoms with Gasteiger partial charge in [0.25, 0.3) is 0 Å². The molecule has 0 amide bonds. The highest BCUT2D eigenvalue weighted by atomic mass is 16.4. The molecule has 0 aliphatic rings. The summed E-state index contributed by atoms with van der Waals surface area (Å²) in [7, 11) is 0. The number of carboxylic acids is 1. The van der Waals surface area contributed by atoms with Gasteiger partial charge in [-0.2, -0.15) is 0 Å². The van der Waals surface area contributed by atoms with Gasteiger partial charge in [0.2, 0.25) is 0 Å². The lowest BCUT2D eigenvalue weighted by Gasteiger charge is -2.06.